The molecule has 0 radical (unpaired) electrons. The van der Waals surface area contributed by atoms with Crippen molar-refractivity contribution >= 4 is 5.69 Å². The van der Waals surface area contributed by atoms with E-state index < -0.39 is 0 Å². The number of benzene rings is 1. The van der Waals surface area contributed by atoms with Gasteiger partial charge in [0.25, 0.3) is 0 Å². The molecule has 100 valence electrons. The summed E-state index contributed by atoms with van der Waals surface area (Å²) in [5.41, 5.74) is 2.55. The molecule has 0 atom stereocenters. The average molecular weight is 248 g/mol. The van der Waals surface area contributed by atoms with Crippen LogP contribution in [0.4, 0.5) is 5.69 Å². The van der Waals surface area contributed by atoms with Gasteiger partial charge in [0.1, 0.15) is 0 Å². The van der Waals surface area contributed by atoms with Crippen LogP contribution in [-0.4, -0.2) is 43.3 Å². The first-order valence-corrected chi connectivity index (χ1v) is 6.73. The molecule has 1 fully saturated rings. The maximum absolute atomic E-state index is 5.72. The van der Waals surface area contributed by atoms with Gasteiger partial charge in [-0.15, -0.1) is 0 Å². The normalized spacial score (nSPS) is 19.7. The third kappa shape index (κ3) is 3.72. The van der Waals surface area contributed by atoms with Gasteiger partial charge in [-0.3, -0.25) is 4.90 Å². The van der Waals surface area contributed by atoms with Crippen molar-refractivity contribution in [3.05, 3.63) is 29.8 Å². The van der Waals surface area contributed by atoms with E-state index in [1.807, 2.05) is 0 Å². The van der Waals surface area contributed by atoms with E-state index >= 15 is 0 Å². The van der Waals surface area contributed by atoms with Crippen LogP contribution in [0.1, 0.15) is 19.4 Å². The van der Waals surface area contributed by atoms with Gasteiger partial charge in [0.05, 0.1) is 12.2 Å². The summed E-state index contributed by atoms with van der Waals surface area (Å²) in [7, 11) is 0. The fourth-order valence-electron chi connectivity index (χ4n) is 2.43. The Balaban J connectivity index is 1.77. The zero-order valence-corrected chi connectivity index (χ0v) is 11.7. The molecule has 0 saturated carbocycles. The molecule has 0 unspecified atom stereocenters. The number of ether oxygens (including phenoxy) is 1. The highest BCUT2D eigenvalue weighted by Gasteiger charge is 2.26. The number of anilines is 1. The predicted molar refractivity (Wildman–Crippen MR) is 76.1 cm³/mol. The van der Waals surface area contributed by atoms with E-state index in [0.717, 1.165) is 32.8 Å². The van der Waals surface area contributed by atoms with Crippen LogP contribution < -0.4 is 5.32 Å². The van der Waals surface area contributed by atoms with E-state index in [1.165, 1.54) is 11.3 Å². The molecule has 0 bridgehead atoms. The molecular formula is C15H24N2O. The summed E-state index contributed by atoms with van der Waals surface area (Å²) in [5, 5.41) is 3.51. The fraction of sp³-hybridized carbons (Fsp3) is 0.600. The van der Waals surface area contributed by atoms with Gasteiger partial charge in [-0.05, 0) is 32.4 Å². The third-order valence-corrected chi connectivity index (χ3v) is 3.39. The van der Waals surface area contributed by atoms with Gasteiger partial charge in [0.2, 0.25) is 0 Å². The van der Waals surface area contributed by atoms with Crippen LogP contribution in [-0.2, 0) is 4.74 Å². The van der Waals surface area contributed by atoms with Crippen LogP contribution >= 0.6 is 0 Å². The number of morpholine rings is 1. The summed E-state index contributed by atoms with van der Waals surface area (Å²) in [6.07, 6.45) is 0. The number of nitrogens with zero attached hydrogens (tertiary/aromatic N) is 1. The molecule has 1 aliphatic rings. The van der Waals surface area contributed by atoms with Crippen molar-refractivity contribution in [3.63, 3.8) is 0 Å². The number of hydrogen-bond acceptors (Lipinski definition) is 3. The van der Waals surface area contributed by atoms with Crippen molar-refractivity contribution in [2.45, 2.75) is 26.4 Å². The minimum absolute atomic E-state index is 0.000906. The number of para-hydroxylation sites is 1. The first kappa shape index (κ1) is 13.4. The maximum Gasteiger partial charge on any atom is 0.0753 e. The van der Waals surface area contributed by atoms with E-state index in [1.54, 1.807) is 0 Å². The molecule has 1 aromatic carbocycles. The molecule has 3 heteroatoms. The molecule has 0 amide bonds. The zero-order chi connectivity index (χ0) is 13.0. The van der Waals surface area contributed by atoms with Crippen molar-refractivity contribution in [3.8, 4) is 0 Å². The minimum Gasteiger partial charge on any atom is -0.384 e. The van der Waals surface area contributed by atoms with E-state index in [-0.39, 0.29) is 5.60 Å². The van der Waals surface area contributed by atoms with Crippen LogP contribution in [0.5, 0.6) is 0 Å². The van der Waals surface area contributed by atoms with Crippen LogP contribution in [0.25, 0.3) is 0 Å². The second kappa shape index (κ2) is 5.72. The predicted octanol–water partition coefficient (Wildman–Crippen LogP) is 2.52. The summed E-state index contributed by atoms with van der Waals surface area (Å²) in [6.45, 7) is 11.4. The van der Waals surface area contributed by atoms with Gasteiger partial charge in [-0.25, -0.2) is 0 Å². The number of aryl methyl sites for hydroxylation is 1. The topological polar surface area (TPSA) is 24.5 Å². The second-order valence-electron chi connectivity index (χ2n) is 5.63. The Hall–Kier alpha value is -1.06. The molecule has 1 N–H and O–H groups in total. The standard InChI is InChI=1S/C15H24N2O/c1-13-6-4-5-7-14(13)16-8-9-17-10-11-18-15(2,3)12-17/h4-7,16H,8-12H2,1-3H3. The Morgan fingerprint density at radius 1 is 1.33 bits per heavy atom. The lowest BCUT2D eigenvalue weighted by Gasteiger charge is -2.38. The number of nitrogens with one attached hydrogen (secondary N) is 1. The summed E-state index contributed by atoms with van der Waals surface area (Å²) in [5.74, 6) is 0. The summed E-state index contributed by atoms with van der Waals surface area (Å²) < 4.78 is 5.72. The van der Waals surface area contributed by atoms with Gasteiger partial charge in [0, 0.05) is 31.9 Å². The molecule has 3 nitrogen and oxygen atoms in total. The van der Waals surface area contributed by atoms with E-state index in [9.17, 15) is 0 Å². The second-order valence-corrected chi connectivity index (χ2v) is 5.63. The van der Waals surface area contributed by atoms with Crippen LogP contribution in [0.15, 0.2) is 24.3 Å². The Morgan fingerprint density at radius 2 is 2.11 bits per heavy atom. The van der Waals surface area contributed by atoms with Crippen LogP contribution in [0.2, 0.25) is 0 Å². The monoisotopic (exact) mass is 248 g/mol. The highest BCUT2D eigenvalue weighted by molar-refractivity contribution is 5.50. The molecule has 2 rings (SSSR count). The van der Waals surface area contributed by atoms with Crippen molar-refractivity contribution in [1.29, 1.82) is 0 Å². The highest BCUT2D eigenvalue weighted by atomic mass is 16.5. The average Bonchev–Trinajstić information content (AvgIpc) is 2.30. The molecular weight excluding hydrogens is 224 g/mol. The van der Waals surface area contributed by atoms with E-state index in [2.05, 4.69) is 55.3 Å². The Labute approximate surface area is 110 Å². The molecule has 1 aromatic rings. The van der Waals surface area contributed by atoms with Crippen molar-refractivity contribution in [2.75, 3.05) is 38.1 Å². The Kier molecular flexibility index (Phi) is 4.25. The fourth-order valence-corrected chi connectivity index (χ4v) is 2.43. The van der Waals surface area contributed by atoms with E-state index in [0.29, 0.717) is 0 Å². The molecule has 0 spiro atoms. The van der Waals surface area contributed by atoms with Gasteiger partial charge in [0.15, 0.2) is 0 Å². The SMILES string of the molecule is Cc1ccccc1NCCN1CCOC(C)(C)C1. The zero-order valence-electron chi connectivity index (χ0n) is 11.7. The summed E-state index contributed by atoms with van der Waals surface area (Å²) in [6, 6.07) is 8.43. The van der Waals surface area contributed by atoms with Crippen molar-refractivity contribution in [2.24, 2.45) is 0 Å². The van der Waals surface area contributed by atoms with Gasteiger partial charge in [-0.2, -0.15) is 0 Å². The van der Waals surface area contributed by atoms with Gasteiger partial charge < -0.3 is 10.1 Å². The smallest absolute Gasteiger partial charge is 0.0753 e. The molecule has 1 heterocycles. The number of rotatable bonds is 4. The van der Waals surface area contributed by atoms with Crippen molar-refractivity contribution in [1.82, 2.24) is 4.90 Å². The molecule has 0 aliphatic carbocycles. The third-order valence-electron chi connectivity index (χ3n) is 3.39. The largest absolute Gasteiger partial charge is 0.384 e. The van der Waals surface area contributed by atoms with E-state index in [4.69, 9.17) is 4.74 Å². The molecule has 18 heavy (non-hydrogen) atoms. The minimum atomic E-state index is 0.000906. The molecule has 0 aromatic heterocycles. The quantitative estimate of drug-likeness (QED) is 0.886. The van der Waals surface area contributed by atoms with Crippen molar-refractivity contribution < 1.29 is 4.74 Å². The lowest BCUT2D eigenvalue weighted by molar-refractivity contribution is -0.0848. The van der Waals surface area contributed by atoms with Gasteiger partial charge >= 0.3 is 0 Å². The first-order chi connectivity index (χ1) is 8.57. The first-order valence-electron chi connectivity index (χ1n) is 6.73. The highest BCUT2D eigenvalue weighted by Crippen LogP contribution is 2.16. The lowest BCUT2D eigenvalue weighted by Crippen LogP contribution is -2.49. The summed E-state index contributed by atoms with van der Waals surface area (Å²) >= 11 is 0. The Bertz CT molecular complexity index is 390. The van der Waals surface area contributed by atoms with Crippen LogP contribution in [0, 0.1) is 6.92 Å². The maximum atomic E-state index is 5.72. The number of hydrogen-bond donors (Lipinski definition) is 1. The van der Waals surface area contributed by atoms with Crippen LogP contribution in [0.3, 0.4) is 0 Å². The van der Waals surface area contributed by atoms with Gasteiger partial charge in [-0.1, -0.05) is 18.2 Å². The molecule has 1 saturated heterocycles. The molecule has 1 aliphatic heterocycles. The lowest BCUT2D eigenvalue weighted by atomic mass is 10.1. The Morgan fingerprint density at radius 3 is 2.83 bits per heavy atom. The summed E-state index contributed by atoms with van der Waals surface area (Å²) in [4.78, 5) is 2.47.